The highest BCUT2D eigenvalue weighted by Crippen LogP contribution is 2.39. The molecular weight excluding hydrogens is 457 g/mol. The molecule has 0 amide bonds. The van der Waals surface area contributed by atoms with Crippen molar-refractivity contribution in [2.75, 3.05) is 20.8 Å². The highest BCUT2D eigenvalue weighted by Gasteiger charge is 2.51. The molecule has 8 nitrogen and oxygen atoms in total. The second-order valence-corrected chi connectivity index (χ2v) is 8.67. The lowest BCUT2D eigenvalue weighted by atomic mass is 9.95. The zero-order valence-corrected chi connectivity index (χ0v) is 19.0. The average molecular weight is 480 g/mol. The number of nitrogens with one attached hydrogen (secondary N) is 1. The van der Waals surface area contributed by atoms with E-state index in [1.165, 1.54) is 0 Å². The van der Waals surface area contributed by atoms with Crippen LogP contribution >= 0.6 is 23.2 Å². The molecule has 5 atom stereocenters. The third kappa shape index (κ3) is 3.71. The second-order valence-electron chi connectivity index (χ2n) is 7.86. The molecule has 2 saturated heterocycles. The molecule has 2 N–H and O–H groups in total. The molecule has 2 aromatic carbocycles. The lowest BCUT2D eigenvalue weighted by Crippen LogP contribution is -2.57. The Morgan fingerprint density at radius 1 is 1.16 bits per heavy atom. The molecule has 2 bridgehead atoms. The van der Waals surface area contributed by atoms with Gasteiger partial charge in [0.1, 0.15) is 12.1 Å². The highest BCUT2D eigenvalue weighted by atomic mass is 35.5. The number of ether oxygens (including phenoxy) is 4. The van der Waals surface area contributed by atoms with Crippen LogP contribution in [0.25, 0.3) is 11.0 Å². The summed E-state index contributed by atoms with van der Waals surface area (Å²) in [7, 11) is 3.16. The standard InChI is InChI=1S/C22H23Cl2N3O5/c1-29-16-6-14-15(7-17(16)30-2)27(10-26-14)20-21(28)19(18-9-31-22(20)32-18)25-8-11-3-4-12(23)13(24)5-11/h3-7,10,18-22,25,28H,8-9H2,1-2H3/t18-,19-,20-,21+,22-/m1/s1. The summed E-state index contributed by atoms with van der Waals surface area (Å²) in [5, 5.41) is 15.8. The molecule has 10 heteroatoms. The molecule has 5 rings (SSSR count). The zero-order chi connectivity index (χ0) is 22.4. The van der Waals surface area contributed by atoms with Crippen molar-refractivity contribution < 1.29 is 24.1 Å². The number of fused-ring (bicyclic) bond motifs is 3. The normalized spacial score (nSPS) is 27.1. The number of benzene rings is 2. The molecule has 0 radical (unpaired) electrons. The summed E-state index contributed by atoms with van der Waals surface area (Å²) in [5.74, 6) is 1.16. The summed E-state index contributed by atoms with van der Waals surface area (Å²) in [5.41, 5.74) is 2.46. The molecule has 2 aliphatic rings. The van der Waals surface area contributed by atoms with Gasteiger partial charge in [-0.1, -0.05) is 29.3 Å². The summed E-state index contributed by atoms with van der Waals surface area (Å²) in [6.07, 6.45) is 0.0511. The fraction of sp³-hybridized carbons (Fsp3) is 0.409. The minimum atomic E-state index is -0.783. The Kier molecular flexibility index (Phi) is 5.92. The molecule has 0 aliphatic carbocycles. The Labute approximate surface area is 194 Å². The largest absolute Gasteiger partial charge is 0.493 e. The van der Waals surface area contributed by atoms with E-state index in [0.29, 0.717) is 34.7 Å². The average Bonchev–Trinajstić information content (AvgIpc) is 3.40. The van der Waals surface area contributed by atoms with E-state index in [-0.39, 0.29) is 12.1 Å². The summed E-state index contributed by atoms with van der Waals surface area (Å²) in [4.78, 5) is 4.49. The Balaban J connectivity index is 1.44. The lowest BCUT2D eigenvalue weighted by Gasteiger charge is -2.39. The van der Waals surface area contributed by atoms with Gasteiger partial charge in [0.2, 0.25) is 0 Å². The Morgan fingerprint density at radius 3 is 2.69 bits per heavy atom. The quantitative estimate of drug-likeness (QED) is 0.561. The molecule has 0 saturated carbocycles. The molecule has 1 aromatic heterocycles. The van der Waals surface area contributed by atoms with Crippen LogP contribution in [0.3, 0.4) is 0 Å². The third-order valence-corrected chi connectivity index (χ3v) is 6.80. The van der Waals surface area contributed by atoms with E-state index in [1.807, 2.05) is 16.7 Å². The molecule has 2 aliphatic heterocycles. The molecular formula is C22H23Cl2N3O5. The van der Waals surface area contributed by atoms with Crippen molar-refractivity contribution in [3.8, 4) is 11.5 Å². The first kappa shape index (κ1) is 21.8. The van der Waals surface area contributed by atoms with Crippen molar-refractivity contribution in [1.82, 2.24) is 14.9 Å². The van der Waals surface area contributed by atoms with Gasteiger partial charge in [0.05, 0.1) is 60.4 Å². The van der Waals surface area contributed by atoms with Crippen LogP contribution in [0.5, 0.6) is 11.5 Å². The number of halogens is 2. The predicted molar refractivity (Wildman–Crippen MR) is 120 cm³/mol. The van der Waals surface area contributed by atoms with Crippen LogP contribution in [0.2, 0.25) is 10.0 Å². The summed E-state index contributed by atoms with van der Waals surface area (Å²) in [6.45, 7) is 0.882. The monoisotopic (exact) mass is 479 g/mol. The third-order valence-electron chi connectivity index (χ3n) is 6.06. The van der Waals surface area contributed by atoms with Gasteiger partial charge in [-0.05, 0) is 17.7 Å². The van der Waals surface area contributed by atoms with Crippen LogP contribution in [0.15, 0.2) is 36.7 Å². The number of imidazole rings is 1. The van der Waals surface area contributed by atoms with Gasteiger partial charge in [0.15, 0.2) is 17.8 Å². The van der Waals surface area contributed by atoms with E-state index in [4.69, 9.17) is 42.1 Å². The number of aliphatic hydroxyl groups excluding tert-OH is 1. The lowest BCUT2D eigenvalue weighted by molar-refractivity contribution is -0.164. The summed E-state index contributed by atoms with van der Waals surface area (Å²) < 4.78 is 24.7. The number of aliphatic hydroxyl groups is 1. The van der Waals surface area contributed by atoms with Gasteiger partial charge in [-0.25, -0.2) is 4.98 Å². The first-order chi connectivity index (χ1) is 15.5. The van der Waals surface area contributed by atoms with E-state index >= 15 is 0 Å². The molecule has 170 valence electrons. The van der Waals surface area contributed by atoms with Crippen LogP contribution in [-0.4, -0.2) is 60.0 Å². The molecule has 2 fully saturated rings. The smallest absolute Gasteiger partial charge is 0.181 e. The van der Waals surface area contributed by atoms with Crippen molar-refractivity contribution >= 4 is 34.2 Å². The van der Waals surface area contributed by atoms with Gasteiger partial charge in [0, 0.05) is 18.7 Å². The maximum atomic E-state index is 11.4. The first-order valence-electron chi connectivity index (χ1n) is 10.2. The molecule has 0 unspecified atom stereocenters. The minimum absolute atomic E-state index is 0.265. The first-order valence-corrected chi connectivity index (χ1v) is 11.0. The summed E-state index contributed by atoms with van der Waals surface area (Å²) >= 11 is 12.1. The SMILES string of the molecule is COc1cc2ncn([C@H]3[C@@H]4OC[C@@H](O4)[C@@H](NCc4ccc(Cl)c(Cl)c4)[C@@H]3O)c2cc1OC. The summed E-state index contributed by atoms with van der Waals surface area (Å²) in [6, 6.07) is 8.25. The van der Waals surface area contributed by atoms with Crippen LogP contribution in [0, 0.1) is 0 Å². The molecule has 0 spiro atoms. The number of hydrogen-bond acceptors (Lipinski definition) is 7. The fourth-order valence-electron chi connectivity index (χ4n) is 4.43. The van der Waals surface area contributed by atoms with Crippen molar-refractivity contribution in [1.29, 1.82) is 0 Å². The van der Waals surface area contributed by atoms with Gasteiger partial charge < -0.3 is 33.9 Å². The number of methoxy groups -OCH3 is 2. The van der Waals surface area contributed by atoms with Crippen molar-refractivity contribution in [2.24, 2.45) is 0 Å². The Hall–Kier alpha value is -2.07. The van der Waals surface area contributed by atoms with E-state index in [9.17, 15) is 5.11 Å². The van der Waals surface area contributed by atoms with Crippen LogP contribution in [0.1, 0.15) is 11.6 Å². The van der Waals surface area contributed by atoms with E-state index in [2.05, 4.69) is 10.3 Å². The van der Waals surface area contributed by atoms with Gasteiger partial charge >= 0.3 is 0 Å². The number of hydrogen-bond donors (Lipinski definition) is 2. The number of rotatable bonds is 6. The van der Waals surface area contributed by atoms with Crippen molar-refractivity contribution in [3.05, 3.63) is 52.3 Å². The van der Waals surface area contributed by atoms with Gasteiger partial charge in [-0.15, -0.1) is 0 Å². The van der Waals surface area contributed by atoms with Crippen molar-refractivity contribution in [3.63, 3.8) is 0 Å². The Bertz CT molecular complexity index is 1140. The number of aromatic nitrogens is 2. The fourth-order valence-corrected chi connectivity index (χ4v) is 4.75. The van der Waals surface area contributed by atoms with E-state index in [1.54, 1.807) is 38.7 Å². The Morgan fingerprint density at radius 2 is 1.94 bits per heavy atom. The van der Waals surface area contributed by atoms with Crippen LogP contribution < -0.4 is 14.8 Å². The maximum Gasteiger partial charge on any atom is 0.181 e. The number of nitrogens with zero attached hydrogens (tertiary/aromatic N) is 2. The zero-order valence-electron chi connectivity index (χ0n) is 17.5. The van der Waals surface area contributed by atoms with Gasteiger partial charge in [-0.2, -0.15) is 0 Å². The predicted octanol–water partition coefficient (Wildman–Crippen LogP) is 3.18. The molecule has 3 heterocycles. The van der Waals surface area contributed by atoms with E-state index < -0.39 is 18.4 Å². The second kappa shape index (κ2) is 8.70. The van der Waals surface area contributed by atoms with E-state index in [0.717, 1.165) is 16.6 Å². The molecule has 3 aromatic rings. The van der Waals surface area contributed by atoms with Crippen molar-refractivity contribution in [2.45, 2.75) is 37.1 Å². The van der Waals surface area contributed by atoms with Crippen LogP contribution in [0.4, 0.5) is 0 Å². The maximum absolute atomic E-state index is 11.4. The van der Waals surface area contributed by atoms with Gasteiger partial charge in [-0.3, -0.25) is 0 Å². The molecule has 32 heavy (non-hydrogen) atoms. The topological polar surface area (TPSA) is 87.0 Å². The minimum Gasteiger partial charge on any atom is -0.493 e. The van der Waals surface area contributed by atoms with Gasteiger partial charge in [0.25, 0.3) is 0 Å². The van der Waals surface area contributed by atoms with Crippen LogP contribution in [-0.2, 0) is 16.0 Å². The highest BCUT2D eigenvalue weighted by molar-refractivity contribution is 6.42.